The molecule has 52 heavy (non-hydrogen) atoms. The second-order valence-electron chi connectivity index (χ2n) is 14.1. The number of imidazole rings is 2. The van der Waals surface area contributed by atoms with Crippen LogP contribution in [0.25, 0.3) is 22.1 Å². The zero-order valence-corrected chi connectivity index (χ0v) is 31.5. The number of nitrogens with one attached hydrogen (secondary N) is 1. The van der Waals surface area contributed by atoms with Crippen molar-refractivity contribution in [3.05, 3.63) is 95.8 Å². The fourth-order valence-corrected chi connectivity index (χ4v) is 7.23. The molecule has 2 saturated heterocycles. The Hall–Kier alpha value is -5.29. The largest absolute Gasteiger partial charge is 0.341 e. The number of nitrogens with zero attached hydrogens (tertiary/aromatic N) is 9. The third-order valence-corrected chi connectivity index (χ3v) is 10.8. The number of rotatable bonds is 9. The lowest BCUT2D eigenvalue weighted by atomic mass is 9.89. The van der Waals surface area contributed by atoms with Crippen LogP contribution >= 0.6 is 0 Å². The lowest BCUT2D eigenvalue weighted by molar-refractivity contribution is -0.135. The number of likely N-dealkylation sites (tertiary alicyclic amines) is 1. The van der Waals surface area contributed by atoms with Gasteiger partial charge in [-0.15, -0.1) is 0 Å². The molecule has 8 rings (SSSR count). The van der Waals surface area contributed by atoms with E-state index < -0.39 is 0 Å². The SMILES string of the molecule is CCC(=O)N1CC(c2ccc(N(C)c3cc4c(cn3)ncn4C)c(CC)c2)C1.CCc1cc(C2CNC2)ccc1N(C)c1cc2c(cn1)ncn2C. The lowest BCUT2D eigenvalue weighted by Gasteiger charge is -2.40. The van der Waals surface area contributed by atoms with Crippen molar-refractivity contribution in [2.75, 3.05) is 50.1 Å². The number of amides is 1. The summed E-state index contributed by atoms with van der Waals surface area (Å²) in [5.41, 5.74) is 11.8. The highest BCUT2D eigenvalue weighted by Crippen LogP contribution is 2.34. The molecule has 2 aliphatic rings. The molecule has 0 unspecified atom stereocenters. The Balaban J connectivity index is 0.000000164. The second kappa shape index (κ2) is 14.7. The van der Waals surface area contributed by atoms with E-state index in [4.69, 9.17) is 0 Å². The quantitative estimate of drug-likeness (QED) is 0.180. The van der Waals surface area contributed by atoms with E-state index in [9.17, 15) is 4.79 Å². The first-order chi connectivity index (χ1) is 25.2. The van der Waals surface area contributed by atoms with Crippen molar-refractivity contribution < 1.29 is 4.79 Å². The van der Waals surface area contributed by atoms with Gasteiger partial charge in [0.25, 0.3) is 0 Å². The molecule has 270 valence electrons. The van der Waals surface area contributed by atoms with Gasteiger partial charge in [0, 0.05) is 96.1 Å². The zero-order valence-electron chi connectivity index (χ0n) is 31.5. The van der Waals surface area contributed by atoms with Crippen LogP contribution in [0.3, 0.4) is 0 Å². The van der Waals surface area contributed by atoms with Gasteiger partial charge >= 0.3 is 0 Å². The average Bonchev–Trinajstić information content (AvgIpc) is 3.70. The number of hydrogen-bond donors (Lipinski definition) is 1. The van der Waals surface area contributed by atoms with Crippen LogP contribution in [-0.2, 0) is 31.7 Å². The van der Waals surface area contributed by atoms with Crippen molar-refractivity contribution in [3.63, 3.8) is 0 Å². The summed E-state index contributed by atoms with van der Waals surface area (Å²) in [5.74, 6) is 3.21. The topological polar surface area (TPSA) is 100 Å². The maximum Gasteiger partial charge on any atom is 0.222 e. The molecule has 2 aliphatic heterocycles. The van der Waals surface area contributed by atoms with Gasteiger partial charge in [-0.2, -0.15) is 0 Å². The molecule has 0 aliphatic carbocycles. The Labute approximate surface area is 306 Å². The van der Waals surface area contributed by atoms with Crippen LogP contribution in [0.1, 0.15) is 61.3 Å². The monoisotopic (exact) mass is 698 g/mol. The van der Waals surface area contributed by atoms with Gasteiger partial charge in [-0.05, 0) is 47.2 Å². The van der Waals surface area contributed by atoms with Gasteiger partial charge in [0.2, 0.25) is 5.91 Å². The minimum absolute atomic E-state index is 0.250. The van der Waals surface area contributed by atoms with Crippen LogP contribution in [0.5, 0.6) is 0 Å². The van der Waals surface area contributed by atoms with E-state index >= 15 is 0 Å². The van der Waals surface area contributed by atoms with Gasteiger partial charge in [0.15, 0.2) is 0 Å². The minimum atomic E-state index is 0.250. The van der Waals surface area contributed by atoms with E-state index in [-0.39, 0.29) is 5.91 Å². The normalized spacial score (nSPS) is 14.6. The molecular formula is C41H50N10O. The van der Waals surface area contributed by atoms with E-state index in [2.05, 4.69) is 112 Å². The molecule has 0 spiro atoms. The number of pyridine rings is 2. The van der Waals surface area contributed by atoms with Gasteiger partial charge in [-0.3, -0.25) is 4.79 Å². The lowest BCUT2D eigenvalue weighted by Crippen LogP contribution is -2.48. The third-order valence-electron chi connectivity index (χ3n) is 10.8. The average molecular weight is 699 g/mol. The summed E-state index contributed by atoms with van der Waals surface area (Å²) >= 11 is 0. The van der Waals surface area contributed by atoms with Crippen LogP contribution in [0.4, 0.5) is 23.0 Å². The molecule has 6 heterocycles. The summed E-state index contributed by atoms with van der Waals surface area (Å²) in [7, 11) is 8.15. The molecule has 0 bridgehead atoms. The second-order valence-corrected chi connectivity index (χ2v) is 14.1. The van der Waals surface area contributed by atoms with Gasteiger partial charge in [0.1, 0.15) is 22.7 Å². The van der Waals surface area contributed by atoms with E-state index in [1.54, 1.807) is 0 Å². The number of anilines is 4. The Morgan fingerprint density at radius 1 is 0.712 bits per heavy atom. The smallest absolute Gasteiger partial charge is 0.222 e. The van der Waals surface area contributed by atoms with Crippen LogP contribution in [-0.4, -0.2) is 80.2 Å². The Morgan fingerprint density at radius 2 is 1.19 bits per heavy atom. The Bertz CT molecular complexity index is 2210. The fraction of sp³-hybridized carbons (Fsp3) is 0.390. The highest BCUT2D eigenvalue weighted by Gasteiger charge is 2.31. The first kappa shape index (κ1) is 35.1. The number of benzene rings is 2. The van der Waals surface area contributed by atoms with Gasteiger partial charge in [0.05, 0.1) is 36.1 Å². The van der Waals surface area contributed by atoms with Crippen molar-refractivity contribution in [2.24, 2.45) is 14.1 Å². The standard InChI is InChI=1S/C22H27N5O.C19H23N5/c1-5-15-9-16(17-12-27(13-17)22(28)6-2)7-8-19(15)26(4)21-10-20-18(11-23-21)24-14-25(20)3;1-4-13-7-14(15-9-20-10-15)5-6-17(13)24(3)19-8-18-16(11-21-19)22-12-23(18)2/h7-11,14,17H,5-6,12-13H2,1-4H3;5-8,11-12,15,20H,4,9-10H2,1-3H3. The van der Waals surface area contributed by atoms with Crippen molar-refractivity contribution >= 4 is 51.0 Å². The zero-order chi connectivity index (χ0) is 36.5. The highest BCUT2D eigenvalue weighted by atomic mass is 16.2. The van der Waals surface area contributed by atoms with Crippen LogP contribution in [0.15, 0.2) is 73.6 Å². The third kappa shape index (κ3) is 6.72. The van der Waals surface area contributed by atoms with E-state index in [1.165, 1.54) is 33.6 Å². The fourth-order valence-electron chi connectivity index (χ4n) is 7.23. The maximum absolute atomic E-state index is 11.8. The Morgan fingerprint density at radius 3 is 1.62 bits per heavy atom. The van der Waals surface area contributed by atoms with Gasteiger partial charge in [-0.25, -0.2) is 19.9 Å². The Kier molecular flexibility index (Phi) is 9.96. The molecule has 1 amide bonds. The summed E-state index contributed by atoms with van der Waals surface area (Å²) in [6.45, 7) is 10.2. The van der Waals surface area contributed by atoms with Crippen LogP contribution < -0.4 is 15.1 Å². The molecule has 2 fully saturated rings. The predicted octanol–water partition coefficient (Wildman–Crippen LogP) is 6.62. The summed E-state index contributed by atoms with van der Waals surface area (Å²) < 4.78 is 4.04. The number of aryl methyl sites for hydroxylation is 4. The van der Waals surface area contributed by atoms with Crippen LogP contribution in [0.2, 0.25) is 0 Å². The number of carbonyl (C=O) groups excluding carboxylic acids is 1. The number of aromatic nitrogens is 6. The molecular weight excluding hydrogens is 649 g/mol. The molecule has 11 nitrogen and oxygen atoms in total. The van der Waals surface area contributed by atoms with E-state index in [0.717, 1.165) is 72.7 Å². The van der Waals surface area contributed by atoms with Crippen molar-refractivity contribution in [1.82, 2.24) is 39.3 Å². The van der Waals surface area contributed by atoms with Crippen LogP contribution in [0, 0.1) is 0 Å². The molecule has 4 aromatic heterocycles. The molecule has 11 heteroatoms. The summed E-state index contributed by atoms with van der Waals surface area (Å²) in [6, 6.07) is 17.7. The molecule has 6 aromatic rings. The van der Waals surface area contributed by atoms with Crippen molar-refractivity contribution in [1.29, 1.82) is 0 Å². The number of fused-ring (bicyclic) bond motifs is 2. The predicted molar refractivity (Wildman–Crippen MR) is 210 cm³/mol. The number of hydrogen-bond acceptors (Lipinski definition) is 8. The van der Waals surface area contributed by atoms with E-state index in [1.807, 2.05) is 60.1 Å². The molecule has 1 N–H and O–H groups in total. The maximum atomic E-state index is 11.8. The van der Waals surface area contributed by atoms with Gasteiger partial charge in [-0.1, -0.05) is 45.0 Å². The summed E-state index contributed by atoms with van der Waals surface area (Å²) in [5, 5.41) is 3.35. The first-order valence-corrected chi connectivity index (χ1v) is 18.4. The summed E-state index contributed by atoms with van der Waals surface area (Å²) in [6.07, 6.45) is 9.87. The minimum Gasteiger partial charge on any atom is -0.341 e. The summed E-state index contributed by atoms with van der Waals surface area (Å²) in [4.78, 5) is 36.0. The molecule has 0 radical (unpaired) electrons. The van der Waals surface area contributed by atoms with Gasteiger partial charge < -0.3 is 29.2 Å². The van der Waals surface area contributed by atoms with Crippen molar-refractivity contribution in [3.8, 4) is 0 Å². The first-order valence-electron chi connectivity index (χ1n) is 18.4. The number of carbonyl (C=O) groups is 1. The molecule has 0 saturated carbocycles. The molecule has 0 atom stereocenters. The van der Waals surface area contributed by atoms with E-state index in [0.29, 0.717) is 18.3 Å². The molecule has 2 aromatic carbocycles. The van der Waals surface area contributed by atoms with Crippen molar-refractivity contribution in [2.45, 2.75) is 51.9 Å². The highest BCUT2D eigenvalue weighted by molar-refractivity contribution is 5.80.